The first-order chi connectivity index (χ1) is 12.3. The molecule has 1 unspecified atom stereocenters. The van der Waals surface area contributed by atoms with Crippen LogP contribution >= 0.6 is 11.3 Å². The van der Waals surface area contributed by atoms with Crippen LogP contribution in [-0.2, 0) is 20.7 Å². The van der Waals surface area contributed by atoms with E-state index in [1.54, 1.807) is 17.7 Å². The molecule has 0 bridgehead atoms. The molecule has 0 aromatic carbocycles. The van der Waals surface area contributed by atoms with Crippen LogP contribution in [-0.4, -0.2) is 72.9 Å². The number of rotatable bonds is 3. The molecular formula is C17H22N4O3S. The summed E-state index contributed by atoms with van der Waals surface area (Å²) in [5.74, 6) is 0.960. The fourth-order valence-corrected chi connectivity index (χ4v) is 4.23. The molecular weight excluding hydrogens is 340 g/mol. The SMILES string of the molecule is CCc1cc2c(N3CCOC(C(=O)N4CCOCC4)C3)ncnc2s1. The van der Waals surface area contributed by atoms with Crippen LogP contribution in [0.4, 0.5) is 5.82 Å². The van der Waals surface area contributed by atoms with Gasteiger partial charge < -0.3 is 19.3 Å². The van der Waals surface area contributed by atoms with Crippen LogP contribution in [0.3, 0.4) is 0 Å². The second-order valence-electron chi connectivity index (χ2n) is 6.23. The summed E-state index contributed by atoms with van der Waals surface area (Å²) in [6.07, 6.45) is 2.16. The fourth-order valence-electron chi connectivity index (χ4n) is 3.30. The van der Waals surface area contributed by atoms with Gasteiger partial charge in [-0.3, -0.25) is 4.79 Å². The van der Waals surface area contributed by atoms with Crippen molar-refractivity contribution >= 4 is 33.3 Å². The van der Waals surface area contributed by atoms with Gasteiger partial charge in [-0.1, -0.05) is 6.92 Å². The van der Waals surface area contributed by atoms with Crippen molar-refractivity contribution in [3.8, 4) is 0 Å². The topological polar surface area (TPSA) is 67.8 Å². The zero-order valence-corrected chi connectivity index (χ0v) is 15.1. The molecule has 2 aliphatic heterocycles. The van der Waals surface area contributed by atoms with E-state index in [1.807, 2.05) is 4.90 Å². The van der Waals surface area contributed by atoms with Gasteiger partial charge in [-0.25, -0.2) is 9.97 Å². The van der Waals surface area contributed by atoms with Crippen molar-refractivity contribution in [2.45, 2.75) is 19.4 Å². The third-order valence-corrected chi connectivity index (χ3v) is 5.86. The summed E-state index contributed by atoms with van der Waals surface area (Å²) in [4.78, 5) is 27.9. The van der Waals surface area contributed by atoms with Gasteiger partial charge in [0.25, 0.3) is 5.91 Å². The average molecular weight is 362 g/mol. The molecule has 2 aromatic rings. The first-order valence-corrected chi connectivity index (χ1v) is 9.54. The highest BCUT2D eigenvalue weighted by Gasteiger charge is 2.32. The average Bonchev–Trinajstić information content (AvgIpc) is 3.11. The molecule has 1 amide bonds. The van der Waals surface area contributed by atoms with Crippen molar-refractivity contribution in [2.24, 2.45) is 0 Å². The molecule has 4 rings (SSSR count). The Hall–Kier alpha value is -1.77. The number of nitrogens with zero attached hydrogens (tertiary/aromatic N) is 4. The fraction of sp³-hybridized carbons (Fsp3) is 0.588. The lowest BCUT2D eigenvalue weighted by Gasteiger charge is -2.36. The van der Waals surface area contributed by atoms with Gasteiger partial charge in [-0.05, 0) is 12.5 Å². The number of amides is 1. The van der Waals surface area contributed by atoms with Gasteiger partial charge in [-0.15, -0.1) is 11.3 Å². The van der Waals surface area contributed by atoms with E-state index in [4.69, 9.17) is 9.47 Å². The lowest BCUT2D eigenvalue weighted by atomic mass is 10.2. The summed E-state index contributed by atoms with van der Waals surface area (Å²) >= 11 is 1.71. The summed E-state index contributed by atoms with van der Waals surface area (Å²) in [6, 6.07) is 2.17. The first kappa shape index (κ1) is 16.7. The minimum Gasteiger partial charge on any atom is -0.378 e. The second-order valence-corrected chi connectivity index (χ2v) is 7.34. The molecule has 2 fully saturated rings. The quantitative estimate of drug-likeness (QED) is 0.820. The molecule has 7 nitrogen and oxygen atoms in total. The smallest absolute Gasteiger partial charge is 0.253 e. The Labute approximate surface area is 150 Å². The highest BCUT2D eigenvalue weighted by atomic mass is 32.1. The van der Waals surface area contributed by atoms with E-state index in [9.17, 15) is 4.79 Å². The Morgan fingerprint density at radius 2 is 2.12 bits per heavy atom. The van der Waals surface area contributed by atoms with Gasteiger partial charge in [-0.2, -0.15) is 0 Å². The van der Waals surface area contributed by atoms with Crippen molar-refractivity contribution in [3.63, 3.8) is 0 Å². The number of hydrogen-bond acceptors (Lipinski definition) is 7. The lowest BCUT2D eigenvalue weighted by Crippen LogP contribution is -2.53. The van der Waals surface area contributed by atoms with Gasteiger partial charge in [0.15, 0.2) is 6.10 Å². The Morgan fingerprint density at radius 3 is 2.92 bits per heavy atom. The molecule has 0 saturated carbocycles. The summed E-state index contributed by atoms with van der Waals surface area (Å²) < 4.78 is 11.1. The maximum absolute atomic E-state index is 12.7. The summed E-state index contributed by atoms with van der Waals surface area (Å²) in [7, 11) is 0. The van der Waals surface area contributed by atoms with E-state index < -0.39 is 6.10 Å². The van der Waals surface area contributed by atoms with Crippen molar-refractivity contribution in [3.05, 3.63) is 17.3 Å². The van der Waals surface area contributed by atoms with Crippen LogP contribution < -0.4 is 4.90 Å². The molecule has 2 aromatic heterocycles. The number of anilines is 1. The van der Waals surface area contributed by atoms with Crippen molar-refractivity contribution < 1.29 is 14.3 Å². The number of fused-ring (bicyclic) bond motifs is 1. The van der Waals surface area contributed by atoms with Crippen molar-refractivity contribution in [2.75, 3.05) is 50.9 Å². The zero-order chi connectivity index (χ0) is 17.2. The number of thiophene rings is 1. The van der Waals surface area contributed by atoms with E-state index in [1.165, 1.54) is 4.88 Å². The monoisotopic (exact) mass is 362 g/mol. The number of hydrogen-bond donors (Lipinski definition) is 0. The van der Waals surface area contributed by atoms with E-state index in [-0.39, 0.29) is 5.91 Å². The maximum Gasteiger partial charge on any atom is 0.253 e. The van der Waals surface area contributed by atoms with Crippen LogP contribution in [0.2, 0.25) is 0 Å². The molecule has 0 aliphatic carbocycles. The molecule has 8 heteroatoms. The summed E-state index contributed by atoms with van der Waals surface area (Å²) in [5, 5.41) is 1.07. The number of ether oxygens (including phenoxy) is 2. The van der Waals surface area contributed by atoms with Crippen LogP contribution in [0.25, 0.3) is 10.2 Å². The zero-order valence-electron chi connectivity index (χ0n) is 14.3. The normalized spacial score (nSPS) is 21.7. The number of aryl methyl sites for hydroxylation is 1. The molecule has 1 atom stereocenters. The highest BCUT2D eigenvalue weighted by molar-refractivity contribution is 7.18. The van der Waals surface area contributed by atoms with E-state index >= 15 is 0 Å². The standard InChI is InChI=1S/C17H22N4O3S/c1-2-12-9-13-15(18-11-19-16(13)25-12)21-5-8-24-14(10-21)17(22)20-3-6-23-7-4-20/h9,11,14H,2-8,10H2,1H3. The summed E-state index contributed by atoms with van der Waals surface area (Å²) in [5.41, 5.74) is 0. The largest absolute Gasteiger partial charge is 0.378 e. The maximum atomic E-state index is 12.7. The van der Waals surface area contributed by atoms with Gasteiger partial charge in [0, 0.05) is 24.5 Å². The van der Waals surface area contributed by atoms with E-state index in [0.717, 1.165) is 29.0 Å². The molecule has 25 heavy (non-hydrogen) atoms. The van der Waals surface area contributed by atoms with Crippen LogP contribution in [0.1, 0.15) is 11.8 Å². The summed E-state index contributed by atoms with van der Waals surface area (Å²) in [6.45, 7) is 6.41. The molecule has 134 valence electrons. The van der Waals surface area contributed by atoms with Crippen LogP contribution in [0.15, 0.2) is 12.4 Å². The third kappa shape index (κ3) is 3.33. The van der Waals surface area contributed by atoms with Gasteiger partial charge in [0.2, 0.25) is 0 Å². The number of carbonyl (C=O) groups is 1. The number of morpholine rings is 2. The van der Waals surface area contributed by atoms with E-state index in [2.05, 4.69) is 27.9 Å². The first-order valence-electron chi connectivity index (χ1n) is 8.72. The second kappa shape index (κ2) is 7.23. The minimum absolute atomic E-state index is 0.0536. The van der Waals surface area contributed by atoms with Gasteiger partial charge >= 0.3 is 0 Å². The third-order valence-electron chi connectivity index (χ3n) is 4.67. The Bertz CT molecular complexity index is 759. The number of carbonyl (C=O) groups excluding carboxylic acids is 1. The van der Waals surface area contributed by atoms with Crippen LogP contribution in [0, 0.1) is 0 Å². The molecule has 2 saturated heterocycles. The molecule has 0 radical (unpaired) electrons. The Balaban J connectivity index is 1.55. The van der Waals surface area contributed by atoms with Crippen molar-refractivity contribution in [1.29, 1.82) is 0 Å². The Kier molecular flexibility index (Phi) is 4.82. The van der Waals surface area contributed by atoms with Gasteiger partial charge in [0.05, 0.1) is 31.8 Å². The highest BCUT2D eigenvalue weighted by Crippen LogP contribution is 2.31. The predicted molar refractivity (Wildman–Crippen MR) is 96.1 cm³/mol. The van der Waals surface area contributed by atoms with Crippen LogP contribution in [0.5, 0.6) is 0 Å². The molecule has 0 spiro atoms. The lowest BCUT2D eigenvalue weighted by molar-refractivity contribution is -0.148. The molecule has 0 N–H and O–H groups in total. The molecule has 2 aliphatic rings. The predicted octanol–water partition coefficient (Wildman–Crippen LogP) is 1.32. The number of aromatic nitrogens is 2. The molecule has 4 heterocycles. The van der Waals surface area contributed by atoms with E-state index in [0.29, 0.717) is 39.5 Å². The Morgan fingerprint density at radius 1 is 1.28 bits per heavy atom. The van der Waals surface area contributed by atoms with Gasteiger partial charge in [0.1, 0.15) is 17.0 Å². The van der Waals surface area contributed by atoms with Crippen molar-refractivity contribution in [1.82, 2.24) is 14.9 Å². The minimum atomic E-state index is -0.443.